The smallest absolute Gasteiger partial charge is 0.485 e. The number of fused-ring (bicyclic) bond motifs is 1. The van der Waals surface area contributed by atoms with Crippen LogP contribution in [-0.2, 0) is 14.9 Å². The van der Waals surface area contributed by atoms with E-state index in [1.54, 1.807) is 0 Å². The molecule has 0 spiro atoms. The first kappa shape index (κ1) is 25.9. The molecule has 2 aromatic rings. The highest BCUT2D eigenvalue weighted by Crippen LogP contribution is 2.40. The number of hydrogen-bond acceptors (Lipinski definition) is 6. The molecule has 30 heavy (non-hydrogen) atoms. The largest absolute Gasteiger partial charge is 0.741 e. The molecule has 0 amide bonds. The van der Waals surface area contributed by atoms with Gasteiger partial charge in [0.05, 0.1) is 7.11 Å². The molecule has 0 saturated carbocycles. The Morgan fingerprint density at radius 1 is 1.13 bits per heavy atom. The number of carbonyl (C=O) groups is 1. The molecule has 0 N–H and O–H groups in total. The molecule has 0 bridgehead atoms. The molecule has 2 rings (SSSR count). The van der Waals surface area contributed by atoms with Crippen molar-refractivity contribution < 1.29 is 44.5 Å². The highest BCUT2D eigenvalue weighted by Gasteiger charge is 2.41. The maximum atomic E-state index is 12.1. The number of hydrogen-bond donors (Lipinski definition) is 0. The molecule has 0 aliphatic carbocycles. The van der Waals surface area contributed by atoms with Crippen LogP contribution in [0.15, 0.2) is 34.9 Å². The van der Waals surface area contributed by atoms with Crippen molar-refractivity contribution in [3.05, 3.63) is 36.1 Å². The lowest BCUT2D eigenvalue weighted by Gasteiger charge is -2.36. The van der Waals surface area contributed by atoms with Gasteiger partial charge in [-0.15, -0.1) is 0 Å². The molecular formula is C18H23F3O7SSi. The third-order valence-electron chi connectivity index (χ3n) is 4.53. The third-order valence-corrected chi connectivity index (χ3v) is 9.43. The zero-order valence-corrected chi connectivity index (χ0v) is 19.1. The van der Waals surface area contributed by atoms with Crippen LogP contribution in [0.1, 0.15) is 31.1 Å². The monoisotopic (exact) mass is 468 g/mol. The first-order valence-corrected chi connectivity index (χ1v) is 12.9. The third kappa shape index (κ3) is 6.16. The average molecular weight is 469 g/mol. The van der Waals surface area contributed by atoms with E-state index < -0.39 is 29.9 Å². The van der Waals surface area contributed by atoms with E-state index >= 15 is 0 Å². The normalized spacial score (nSPS) is 12.7. The number of methoxy groups -OCH3 is 1. The summed E-state index contributed by atoms with van der Waals surface area (Å²) in [5.74, 6) is 0.100. The second-order valence-electron chi connectivity index (χ2n) is 7.73. The van der Waals surface area contributed by atoms with Crippen molar-refractivity contribution in [2.24, 2.45) is 0 Å². The molecule has 0 radical (unpaired) electrons. The summed E-state index contributed by atoms with van der Waals surface area (Å²) in [7, 11) is -6.84. The van der Waals surface area contributed by atoms with E-state index in [0.717, 1.165) is 5.39 Å². The quantitative estimate of drug-likeness (QED) is 0.207. The summed E-state index contributed by atoms with van der Waals surface area (Å²) in [6, 6.07) is 7.54. The first-order chi connectivity index (χ1) is 13.4. The summed E-state index contributed by atoms with van der Waals surface area (Å²) in [4.78, 5) is 12.1. The highest BCUT2D eigenvalue weighted by molar-refractivity contribution is 7.86. The van der Waals surface area contributed by atoms with Gasteiger partial charge in [0.25, 0.3) is 8.32 Å². The molecule has 1 aromatic heterocycles. The Kier molecular flexibility index (Phi) is 7.67. The number of benzene rings is 1. The van der Waals surface area contributed by atoms with Crippen molar-refractivity contribution in [2.75, 3.05) is 7.11 Å². The Labute approximate surface area is 173 Å². The standard InChI is InChI=1S/C17H23O4Si.CHF3O3S/c1-17(2,3)22(5,6)21-15-12-9-7-8-10-14(12)20-11-13(15)16(18)19-4;2-1(3,4)8(5,6)7/h7-11H,1-6H3;(H,5,6,7)/q+1;/p-1. The predicted octanol–water partition coefficient (Wildman–Crippen LogP) is 4.94. The molecule has 12 heteroatoms. The Morgan fingerprint density at radius 3 is 2.07 bits per heavy atom. The van der Waals surface area contributed by atoms with E-state index in [2.05, 4.69) is 33.9 Å². The number of para-hydroxylation sites is 1. The van der Waals surface area contributed by atoms with E-state index in [-0.39, 0.29) is 5.04 Å². The van der Waals surface area contributed by atoms with Crippen LogP contribution in [0.2, 0.25) is 18.1 Å². The Bertz CT molecular complexity index is 1010. The van der Waals surface area contributed by atoms with Gasteiger partial charge in [-0.2, -0.15) is 13.2 Å². The van der Waals surface area contributed by atoms with Crippen LogP contribution in [-0.4, -0.2) is 39.9 Å². The Morgan fingerprint density at radius 2 is 1.63 bits per heavy atom. The van der Waals surface area contributed by atoms with Crippen molar-refractivity contribution in [1.29, 1.82) is 0 Å². The lowest BCUT2D eigenvalue weighted by molar-refractivity contribution is -0.0517. The summed E-state index contributed by atoms with van der Waals surface area (Å²) in [6.07, 6.45) is 1.41. The van der Waals surface area contributed by atoms with Crippen LogP contribution in [0, 0.1) is 0 Å². The fourth-order valence-corrected chi connectivity index (χ4v) is 2.88. The molecule has 1 heterocycles. The predicted molar refractivity (Wildman–Crippen MR) is 106 cm³/mol. The van der Waals surface area contributed by atoms with Crippen LogP contribution in [0.4, 0.5) is 13.2 Å². The van der Waals surface area contributed by atoms with Crippen molar-refractivity contribution in [3.63, 3.8) is 0 Å². The Balaban J connectivity index is 0.000000479. The second-order valence-corrected chi connectivity index (χ2v) is 13.8. The molecule has 168 valence electrons. The molecule has 1 aromatic carbocycles. The zero-order chi connectivity index (χ0) is 23.5. The molecule has 0 aliphatic rings. The highest BCUT2D eigenvalue weighted by atomic mass is 32.2. The molecule has 0 saturated heterocycles. The van der Waals surface area contributed by atoms with Gasteiger partial charge in [-0.25, -0.2) is 17.6 Å². The number of alkyl halides is 3. The molecule has 0 fully saturated rings. The van der Waals surface area contributed by atoms with Gasteiger partial charge in [0.1, 0.15) is 11.1 Å². The zero-order valence-electron chi connectivity index (χ0n) is 17.3. The van der Waals surface area contributed by atoms with Crippen LogP contribution in [0.3, 0.4) is 0 Å². The number of carbonyl (C=O) groups excluding carboxylic acids is 1. The second kappa shape index (κ2) is 8.90. The summed E-state index contributed by atoms with van der Waals surface area (Å²) in [5, 5.41) is 0.810. The van der Waals surface area contributed by atoms with E-state index in [0.29, 0.717) is 16.9 Å². The van der Waals surface area contributed by atoms with Crippen LogP contribution in [0.5, 0.6) is 5.75 Å². The van der Waals surface area contributed by atoms with Crippen molar-refractivity contribution >= 4 is 35.4 Å². The molecular weight excluding hydrogens is 445 g/mol. The minimum absolute atomic E-state index is 0.0223. The Hall–Kier alpha value is -2.18. The fourth-order valence-electron chi connectivity index (χ4n) is 1.85. The first-order valence-electron chi connectivity index (χ1n) is 8.55. The van der Waals surface area contributed by atoms with Gasteiger partial charge in [-0.05, 0) is 24.2 Å². The van der Waals surface area contributed by atoms with Gasteiger partial charge in [0.15, 0.2) is 15.7 Å². The minimum atomic E-state index is -6.09. The summed E-state index contributed by atoms with van der Waals surface area (Å²) >= 11 is 0. The van der Waals surface area contributed by atoms with Gasteiger partial charge >= 0.3 is 23.3 Å². The van der Waals surface area contributed by atoms with Crippen LogP contribution >= 0.6 is 0 Å². The van der Waals surface area contributed by atoms with Crippen molar-refractivity contribution in [1.82, 2.24) is 0 Å². The van der Waals surface area contributed by atoms with Gasteiger partial charge in [0.2, 0.25) is 0 Å². The molecule has 0 aliphatic heterocycles. The van der Waals surface area contributed by atoms with Gasteiger partial charge < -0.3 is 13.7 Å². The minimum Gasteiger partial charge on any atom is -0.741 e. The number of ether oxygens (including phenoxy) is 1. The number of halogens is 3. The SMILES string of the molecule is COC(=O)c1c[o+]c2ccccc2c1O[Si](C)(C)C(C)(C)C.O=S(=O)([O-])C(F)(F)F. The summed E-state index contributed by atoms with van der Waals surface area (Å²) in [5.41, 5.74) is -4.64. The average Bonchev–Trinajstić information content (AvgIpc) is 2.59. The maximum Gasteiger partial charge on any atom is 0.485 e. The van der Waals surface area contributed by atoms with E-state index in [9.17, 15) is 18.0 Å². The number of esters is 1. The fraction of sp³-hybridized carbons (Fsp3) is 0.444. The molecule has 7 nitrogen and oxygen atoms in total. The van der Waals surface area contributed by atoms with Crippen LogP contribution < -0.4 is 4.43 Å². The maximum absolute atomic E-state index is 12.1. The molecule has 0 atom stereocenters. The summed E-state index contributed by atoms with van der Waals surface area (Å²) < 4.78 is 75.7. The van der Waals surface area contributed by atoms with E-state index in [1.807, 2.05) is 24.3 Å². The van der Waals surface area contributed by atoms with E-state index in [1.165, 1.54) is 13.4 Å². The lowest BCUT2D eigenvalue weighted by Crippen LogP contribution is -2.44. The summed E-state index contributed by atoms with van der Waals surface area (Å²) in [6.45, 7) is 10.8. The van der Waals surface area contributed by atoms with Crippen LogP contribution in [0.25, 0.3) is 11.0 Å². The van der Waals surface area contributed by atoms with Crippen molar-refractivity contribution in [3.8, 4) is 5.75 Å². The van der Waals surface area contributed by atoms with Gasteiger partial charge in [0, 0.05) is 6.07 Å². The lowest BCUT2D eigenvalue weighted by atomic mass is 10.1. The van der Waals surface area contributed by atoms with Gasteiger partial charge in [-0.3, -0.25) is 0 Å². The topological polar surface area (TPSA) is 104 Å². The molecule has 0 unspecified atom stereocenters. The van der Waals surface area contributed by atoms with Gasteiger partial charge in [-0.1, -0.05) is 32.9 Å². The van der Waals surface area contributed by atoms with E-state index in [4.69, 9.17) is 26.6 Å². The van der Waals surface area contributed by atoms with Crippen molar-refractivity contribution in [2.45, 2.75) is 44.4 Å². The number of rotatable bonds is 3.